The summed E-state index contributed by atoms with van der Waals surface area (Å²) in [4.78, 5) is 36.4. The maximum Gasteiger partial charge on any atom is 0.311 e. The van der Waals surface area contributed by atoms with E-state index in [0.29, 0.717) is 12.3 Å². The predicted molar refractivity (Wildman–Crippen MR) is 106 cm³/mol. The molecule has 1 aromatic carbocycles. The summed E-state index contributed by atoms with van der Waals surface area (Å²) >= 11 is 1.35. The maximum atomic E-state index is 12.3. The van der Waals surface area contributed by atoms with Crippen LogP contribution in [0, 0.1) is 10.1 Å². The van der Waals surface area contributed by atoms with Crippen molar-refractivity contribution in [1.82, 2.24) is 10.2 Å². The highest BCUT2D eigenvalue weighted by molar-refractivity contribution is 7.99. The highest BCUT2D eigenvalue weighted by atomic mass is 32.2. The van der Waals surface area contributed by atoms with Crippen molar-refractivity contribution >= 4 is 29.3 Å². The summed E-state index contributed by atoms with van der Waals surface area (Å²) in [5.74, 6) is 0.494. The van der Waals surface area contributed by atoms with E-state index in [0.717, 1.165) is 5.56 Å². The van der Waals surface area contributed by atoms with Crippen LogP contribution in [0.1, 0.15) is 33.3 Å². The molecule has 0 atom stereocenters. The van der Waals surface area contributed by atoms with Crippen LogP contribution >= 0.6 is 11.8 Å². The Kier molecular flexibility index (Phi) is 8.55. The normalized spacial score (nSPS) is 11.0. The van der Waals surface area contributed by atoms with Gasteiger partial charge in [-0.2, -0.15) is 0 Å². The van der Waals surface area contributed by atoms with Crippen LogP contribution in [0.2, 0.25) is 0 Å². The smallest absolute Gasteiger partial charge is 0.311 e. The number of methoxy groups -OCH3 is 1. The van der Waals surface area contributed by atoms with Gasteiger partial charge in [0.2, 0.25) is 11.8 Å². The Labute approximate surface area is 163 Å². The first-order valence-corrected chi connectivity index (χ1v) is 9.70. The van der Waals surface area contributed by atoms with Gasteiger partial charge in [-0.3, -0.25) is 19.7 Å². The predicted octanol–water partition coefficient (Wildman–Crippen LogP) is 2.60. The maximum absolute atomic E-state index is 12.3. The Hall–Kier alpha value is -2.29. The van der Waals surface area contributed by atoms with Crippen molar-refractivity contribution in [3.05, 3.63) is 33.9 Å². The molecular formula is C18H27N3O5S. The van der Waals surface area contributed by atoms with E-state index < -0.39 is 4.92 Å². The van der Waals surface area contributed by atoms with Gasteiger partial charge in [0.05, 0.1) is 24.3 Å². The fourth-order valence-corrected chi connectivity index (χ4v) is 3.20. The zero-order chi connectivity index (χ0) is 20.6. The molecule has 0 unspecified atom stereocenters. The molecule has 0 bridgehead atoms. The van der Waals surface area contributed by atoms with Gasteiger partial charge >= 0.3 is 5.69 Å². The van der Waals surface area contributed by atoms with Crippen molar-refractivity contribution in [2.45, 2.75) is 39.0 Å². The summed E-state index contributed by atoms with van der Waals surface area (Å²) < 4.78 is 4.97. The largest absolute Gasteiger partial charge is 0.490 e. The van der Waals surface area contributed by atoms with Crippen LogP contribution in [-0.2, 0) is 15.3 Å². The van der Waals surface area contributed by atoms with Crippen LogP contribution in [0.5, 0.6) is 5.75 Å². The number of nitrogens with one attached hydrogen (secondary N) is 1. The van der Waals surface area contributed by atoms with Gasteiger partial charge in [-0.1, -0.05) is 6.07 Å². The zero-order valence-electron chi connectivity index (χ0n) is 16.4. The molecule has 0 saturated heterocycles. The molecule has 0 saturated carbocycles. The minimum atomic E-state index is -0.495. The van der Waals surface area contributed by atoms with Crippen molar-refractivity contribution < 1.29 is 19.2 Å². The zero-order valence-corrected chi connectivity index (χ0v) is 17.2. The van der Waals surface area contributed by atoms with E-state index >= 15 is 0 Å². The Bertz CT molecular complexity index is 688. The molecule has 0 radical (unpaired) electrons. The summed E-state index contributed by atoms with van der Waals surface area (Å²) in [6.45, 7) is 7.92. The van der Waals surface area contributed by atoms with Crippen molar-refractivity contribution in [3.8, 4) is 5.75 Å². The van der Waals surface area contributed by atoms with Gasteiger partial charge in [0.15, 0.2) is 5.75 Å². The molecule has 27 heavy (non-hydrogen) atoms. The lowest BCUT2D eigenvalue weighted by atomic mass is 10.1. The van der Waals surface area contributed by atoms with E-state index in [1.807, 2.05) is 27.7 Å². The second-order valence-electron chi connectivity index (χ2n) is 6.96. The third-order valence-corrected chi connectivity index (χ3v) is 4.51. The molecule has 0 aromatic heterocycles. The minimum Gasteiger partial charge on any atom is -0.490 e. The second kappa shape index (κ2) is 10.1. The number of hydrogen-bond acceptors (Lipinski definition) is 6. The molecule has 150 valence electrons. The fraction of sp³-hybridized carbons (Fsp3) is 0.556. The number of carbonyl (C=O) groups is 2. The van der Waals surface area contributed by atoms with Crippen LogP contribution in [0.3, 0.4) is 0 Å². The molecule has 0 fully saturated rings. The van der Waals surface area contributed by atoms with Gasteiger partial charge in [-0.15, -0.1) is 11.8 Å². The van der Waals surface area contributed by atoms with Crippen molar-refractivity contribution in [3.63, 3.8) is 0 Å². The Morgan fingerprint density at radius 3 is 2.52 bits per heavy atom. The quantitative estimate of drug-likeness (QED) is 0.508. The van der Waals surface area contributed by atoms with E-state index in [1.54, 1.807) is 12.1 Å². The second-order valence-corrected chi connectivity index (χ2v) is 7.95. The first-order valence-electron chi connectivity index (χ1n) is 8.55. The van der Waals surface area contributed by atoms with Crippen molar-refractivity contribution in [1.29, 1.82) is 0 Å². The first-order chi connectivity index (χ1) is 12.6. The number of carbonyl (C=O) groups excluding carboxylic acids is 2. The Balaban J connectivity index is 2.59. The van der Waals surface area contributed by atoms with Crippen molar-refractivity contribution in [2.75, 3.05) is 26.0 Å². The van der Waals surface area contributed by atoms with Gasteiger partial charge in [0.1, 0.15) is 0 Å². The molecule has 0 spiro atoms. The van der Waals surface area contributed by atoms with Crippen LogP contribution in [0.25, 0.3) is 0 Å². The highest BCUT2D eigenvalue weighted by Crippen LogP contribution is 2.29. The summed E-state index contributed by atoms with van der Waals surface area (Å²) in [5, 5.41) is 13.9. The van der Waals surface area contributed by atoms with E-state index in [9.17, 15) is 19.7 Å². The number of thioether (sulfide) groups is 1. The van der Waals surface area contributed by atoms with Crippen LogP contribution in [0.4, 0.5) is 5.69 Å². The molecule has 0 aliphatic rings. The van der Waals surface area contributed by atoms with Crippen LogP contribution < -0.4 is 10.1 Å². The number of hydrogen-bond donors (Lipinski definition) is 1. The molecule has 2 amide bonds. The number of nitro benzene ring substituents is 1. The van der Waals surface area contributed by atoms with Crippen LogP contribution in [-0.4, -0.2) is 53.1 Å². The number of amides is 2. The van der Waals surface area contributed by atoms with E-state index in [4.69, 9.17) is 4.74 Å². The van der Waals surface area contributed by atoms with Crippen molar-refractivity contribution in [2.24, 2.45) is 0 Å². The summed E-state index contributed by atoms with van der Waals surface area (Å²) in [7, 11) is 1.38. The first kappa shape index (κ1) is 22.8. The average Bonchev–Trinajstić information content (AvgIpc) is 2.57. The van der Waals surface area contributed by atoms with Crippen LogP contribution in [0.15, 0.2) is 18.2 Å². The molecular weight excluding hydrogens is 370 g/mol. The van der Waals surface area contributed by atoms with Gasteiger partial charge in [0, 0.05) is 23.9 Å². The van der Waals surface area contributed by atoms with Gasteiger partial charge in [-0.05, 0) is 39.3 Å². The fourth-order valence-electron chi connectivity index (χ4n) is 2.32. The average molecular weight is 397 g/mol. The SMILES string of the molecule is CCN(CC(=O)NC(C)(C)C)C(=O)CSCc1ccc(OC)c([N+](=O)[O-])c1. The van der Waals surface area contributed by atoms with Gasteiger partial charge in [0.25, 0.3) is 0 Å². The third kappa shape index (κ3) is 7.86. The van der Waals surface area contributed by atoms with E-state index in [1.165, 1.54) is 29.8 Å². The number of rotatable bonds is 9. The van der Waals surface area contributed by atoms with Gasteiger partial charge in [-0.25, -0.2) is 0 Å². The monoisotopic (exact) mass is 397 g/mol. The summed E-state index contributed by atoms with van der Waals surface area (Å²) in [6, 6.07) is 4.73. The molecule has 1 aromatic rings. The number of benzene rings is 1. The molecule has 0 aliphatic heterocycles. The lowest BCUT2D eigenvalue weighted by Gasteiger charge is -2.25. The minimum absolute atomic E-state index is 0.0151. The molecule has 0 aliphatic carbocycles. The third-order valence-electron chi connectivity index (χ3n) is 3.52. The highest BCUT2D eigenvalue weighted by Gasteiger charge is 2.20. The van der Waals surface area contributed by atoms with E-state index in [-0.39, 0.29) is 41.1 Å². The molecule has 8 nitrogen and oxygen atoms in total. The molecule has 1 N–H and O–H groups in total. The topological polar surface area (TPSA) is 102 Å². The lowest BCUT2D eigenvalue weighted by Crippen LogP contribution is -2.47. The number of nitro groups is 1. The van der Waals surface area contributed by atoms with Gasteiger partial charge < -0.3 is 15.0 Å². The summed E-state index contributed by atoms with van der Waals surface area (Å²) in [5.41, 5.74) is 0.280. The molecule has 9 heteroatoms. The molecule has 0 heterocycles. The summed E-state index contributed by atoms with van der Waals surface area (Å²) in [6.07, 6.45) is 0. The Morgan fingerprint density at radius 1 is 1.33 bits per heavy atom. The van der Waals surface area contributed by atoms with E-state index in [2.05, 4.69) is 5.32 Å². The number of nitrogens with zero attached hydrogens (tertiary/aromatic N) is 2. The lowest BCUT2D eigenvalue weighted by molar-refractivity contribution is -0.385. The number of ether oxygens (including phenoxy) is 1. The standard InChI is InChI=1S/C18H27N3O5S/c1-6-20(10-16(22)19-18(2,3)4)17(23)12-27-11-13-7-8-15(26-5)14(9-13)21(24)25/h7-9H,6,10-12H2,1-5H3,(H,19,22). The molecule has 1 rings (SSSR count). The Morgan fingerprint density at radius 2 is 2.00 bits per heavy atom. The number of likely N-dealkylation sites (N-methyl/N-ethyl adjacent to an activating group) is 1.